The largest absolute Gasteiger partial charge is 0.330 e. The summed E-state index contributed by atoms with van der Waals surface area (Å²) >= 11 is 1.63. The van der Waals surface area contributed by atoms with Crippen molar-refractivity contribution >= 4 is 21.8 Å². The Balaban J connectivity index is 2.68. The van der Waals surface area contributed by atoms with Gasteiger partial charge >= 0.3 is 0 Å². The third kappa shape index (κ3) is 5.52. The topological polar surface area (TPSA) is 72.2 Å². The van der Waals surface area contributed by atoms with Crippen molar-refractivity contribution in [3.8, 4) is 0 Å². The Morgan fingerprint density at radius 2 is 1.95 bits per heavy atom. The fourth-order valence-corrected chi connectivity index (χ4v) is 3.02. The van der Waals surface area contributed by atoms with E-state index in [1.807, 2.05) is 25.3 Å². The van der Waals surface area contributed by atoms with E-state index in [9.17, 15) is 8.42 Å². The standard InChI is InChI=1S/C13H22N2O2S2/c1-11(18-2)10-15-19(16,17)13-7-5-12(6-8-13)4-3-9-14/h5-8,11,15H,3-4,9-10,14H2,1-2H3. The highest BCUT2D eigenvalue weighted by Crippen LogP contribution is 2.12. The number of aryl methyl sites for hydroxylation is 1. The Bertz CT molecular complexity index is 472. The maximum absolute atomic E-state index is 12.0. The molecule has 1 rings (SSSR count). The number of hydrogen-bond donors (Lipinski definition) is 2. The number of nitrogens with one attached hydrogen (secondary N) is 1. The van der Waals surface area contributed by atoms with Crippen LogP contribution in [0, 0.1) is 0 Å². The fraction of sp³-hybridized carbons (Fsp3) is 0.538. The maximum Gasteiger partial charge on any atom is 0.240 e. The summed E-state index contributed by atoms with van der Waals surface area (Å²) in [5, 5.41) is 0.263. The van der Waals surface area contributed by atoms with Gasteiger partial charge in [0, 0.05) is 11.8 Å². The molecule has 0 saturated heterocycles. The van der Waals surface area contributed by atoms with Gasteiger partial charge in [0.2, 0.25) is 10.0 Å². The molecule has 0 spiro atoms. The van der Waals surface area contributed by atoms with Crippen LogP contribution in [0.2, 0.25) is 0 Å². The molecule has 0 bridgehead atoms. The molecule has 0 aromatic heterocycles. The van der Waals surface area contributed by atoms with Gasteiger partial charge in [0.1, 0.15) is 0 Å². The van der Waals surface area contributed by atoms with Crippen LogP contribution in [0.15, 0.2) is 29.2 Å². The van der Waals surface area contributed by atoms with Gasteiger partial charge in [0.25, 0.3) is 0 Å². The van der Waals surface area contributed by atoms with Crippen LogP contribution in [0.4, 0.5) is 0 Å². The van der Waals surface area contributed by atoms with E-state index in [0.29, 0.717) is 18.0 Å². The van der Waals surface area contributed by atoms with Crippen molar-refractivity contribution in [2.75, 3.05) is 19.3 Å². The highest BCUT2D eigenvalue weighted by molar-refractivity contribution is 7.99. The Labute approximate surface area is 120 Å². The predicted octanol–water partition coefficient (Wildman–Crippen LogP) is 1.61. The SMILES string of the molecule is CSC(C)CNS(=O)(=O)c1ccc(CCCN)cc1. The molecule has 0 heterocycles. The fourth-order valence-electron chi connectivity index (χ4n) is 1.54. The van der Waals surface area contributed by atoms with E-state index in [0.717, 1.165) is 18.4 Å². The quantitative estimate of drug-likeness (QED) is 0.765. The minimum absolute atomic E-state index is 0.263. The lowest BCUT2D eigenvalue weighted by molar-refractivity contribution is 0.581. The van der Waals surface area contributed by atoms with Crippen LogP contribution < -0.4 is 10.5 Å². The second kappa shape index (κ2) is 7.89. The molecule has 0 radical (unpaired) electrons. The summed E-state index contributed by atoms with van der Waals surface area (Å²) in [4.78, 5) is 0.317. The predicted molar refractivity (Wildman–Crippen MR) is 82.0 cm³/mol. The molecule has 1 aromatic rings. The number of rotatable bonds is 8. The van der Waals surface area contributed by atoms with Crippen molar-refractivity contribution < 1.29 is 8.42 Å². The van der Waals surface area contributed by atoms with E-state index in [1.165, 1.54) is 0 Å². The highest BCUT2D eigenvalue weighted by atomic mass is 32.2. The zero-order valence-corrected chi connectivity index (χ0v) is 13.1. The van der Waals surface area contributed by atoms with E-state index in [1.54, 1.807) is 23.9 Å². The van der Waals surface area contributed by atoms with Crippen LogP contribution in [0.25, 0.3) is 0 Å². The summed E-state index contributed by atoms with van der Waals surface area (Å²) in [5.41, 5.74) is 6.56. The van der Waals surface area contributed by atoms with Crippen LogP contribution in [0.1, 0.15) is 18.9 Å². The molecule has 19 heavy (non-hydrogen) atoms. The molecule has 0 aliphatic heterocycles. The number of nitrogens with two attached hydrogens (primary N) is 1. The molecular weight excluding hydrogens is 280 g/mol. The number of hydrogen-bond acceptors (Lipinski definition) is 4. The molecule has 1 atom stereocenters. The molecular formula is C13H22N2O2S2. The van der Waals surface area contributed by atoms with Gasteiger partial charge in [-0.3, -0.25) is 0 Å². The minimum atomic E-state index is -3.39. The van der Waals surface area contributed by atoms with Crippen molar-refractivity contribution in [3.05, 3.63) is 29.8 Å². The van der Waals surface area contributed by atoms with E-state index < -0.39 is 10.0 Å². The van der Waals surface area contributed by atoms with Gasteiger partial charge < -0.3 is 5.73 Å². The molecule has 108 valence electrons. The van der Waals surface area contributed by atoms with Gasteiger partial charge in [0.15, 0.2) is 0 Å². The monoisotopic (exact) mass is 302 g/mol. The van der Waals surface area contributed by atoms with Crippen LogP contribution in [-0.4, -0.2) is 33.0 Å². The molecule has 1 unspecified atom stereocenters. The zero-order valence-electron chi connectivity index (χ0n) is 11.4. The molecule has 0 aliphatic carbocycles. The third-order valence-electron chi connectivity index (χ3n) is 2.87. The van der Waals surface area contributed by atoms with E-state index in [-0.39, 0.29) is 5.25 Å². The summed E-state index contributed by atoms with van der Waals surface area (Å²) in [6.07, 6.45) is 3.76. The lowest BCUT2D eigenvalue weighted by atomic mass is 10.1. The van der Waals surface area contributed by atoms with E-state index >= 15 is 0 Å². The van der Waals surface area contributed by atoms with Gasteiger partial charge in [-0.05, 0) is 43.3 Å². The van der Waals surface area contributed by atoms with E-state index in [4.69, 9.17) is 5.73 Å². The Hall–Kier alpha value is -0.560. The molecule has 0 aliphatic rings. The van der Waals surface area contributed by atoms with E-state index in [2.05, 4.69) is 4.72 Å². The lowest BCUT2D eigenvalue weighted by Crippen LogP contribution is -2.29. The van der Waals surface area contributed by atoms with Gasteiger partial charge in [-0.15, -0.1) is 0 Å². The first kappa shape index (κ1) is 16.5. The molecule has 4 nitrogen and oxygen atoms in total. The third-order valence-corrected chi connectivity index (χ3v) is 5.28. The second-order valence-corrected chi connectivity index (χ2v) is 7.48. The average Bonchev–Trinajstić information content (AvgIpc) is 2.43. The summed E-state index contributed by atoms with van der Waals surface area (Å²) < 4.78 is 26.7. The first-order valence-electron chi connectivity index (χ1n) is 6.31. The van der Waals surface area contributed by atoms with Crippen molar-refractivity contribution in [3.63, 3.8) is 0 Å². The van der Waals surface area contributed by atoms with Gasteiger partial charge in [-0.25, -0.2) is 13.1 Å². The van der Waals surface area contributed by atoms with Gasteiger partial charge in [-0.1, -0.05) is 19.1 Å². The van der Waals surface area contributed by atoms with Crippen LogP contribution in [0.5, 0.6) is 0 Å². The zero-order chi connectivity index (χ0) is 14.3. The Morgan fingerprint density at radius 3 is 2.47 bits per heavy atom. The van der Waals surface area contributed by atoms with Gasteiger partial charge in [0.05, 0.1) is 4.90 Å². The van der Waals surface area contributed by atoms with Crippen LogP contribution >= 0.6 is 11.8 Å². The van der Waals surface area contributed by atoms with Crippen LogP contribution in [-0.2, 0) is 16.4 Å². The summed E-state index contributed by atoms with van der Waals surface area (Å²) in [7, 11) is -3.39. The van der Waals surface area contributed by atoms with Crippen molar-refractivity contribution in [2.24, 2.45) is 5.73 Å². The Morgan fingerprint density at radius 1 is 1.32 bits per heavy atom. The lowest BCUT2D eigenvalue weighted by Gasteiger charge is -2.11. The summed E-state index contributed by atoms with van der Waals surface area (Å²) in [5.74, 6) is 0. The molecule has 6 heteroatoms. The molecule has 1 aromatic carbocycles. The van der Waals surface area contributed by atoms with Crippen molar-refractivity contribution in [2.45, 2.75) is 29.9 Å². The number of benzene rings is 1. The minimum Gasteiger partial charge on any atom is -0.330 e. The first-order valence-corrected chi connectivity index (χ1v) is 9.08. The van der Waals surface area contributed by atoms with Gasteiger partial charge in [-0.2, -0.15) is 11.8 Å². The summed E-state index contributed by atoms with van der Waals surface area (Å²) in [6, 6.07) is 7.00. The van der Waals surface area contributed by atoms with Crippen molar-refractivity contribution in [1.82, 2.24) is 4.72 Å². The molecule has 3 N–H and O–H groups in total. The molecule has 0 fully saturated rings. The summed E-state index contributed by atoms with van der Waals surface area (Å²) in [6.45, 7) is 3.08. The second-order valence-electron chi connectivity index (χ2n) is 4.43. The van der Waals surface area contributed by atoms with Crippen LogP contribution in [0.3, 0.4) is 0 Å². The maximum atomic E-state index is 12.0. The normalized spacial score (nSPS) is 13.4. The average molecular weight is 302 g/mol. The molecule has 0 saturated carbocycles. The highest BCUT2D eigenvalue weighted by Gasteiger charge is 2.14. The number of thioether (sulfide) groups is 1. The molecule has 0 amide bonds. The Kier molecular flexibility index (Phi) is 6.85. The smallest absolute Gasteiger partial charge is 0.240 e. The number of sulfonamides is 1. The first-order chi connectivity index (χ1) is 8.99. The van der Waals surface area contributed by atoms with Crippen molar-refractivity contribution in [1.29, 1.82) is 0 Å².